The van der Waals surface area contributed by atoms with Crippen LogP contribution in [0.2, 0.25) is 0 Å². The molecule has 0 fully saturated rings. The predicted molar refractivity (Wildman–Crippen MR) is 34.8 cm³/mol. The number of alkyl halides is 1. The third-order valence-electron chi connectivity index (χ3n) is 0.259. The minimum absolute atomic E-state index is 0.191. The van der Waals surface area contributed by atoms with E-state index in [9.17, 15) is 8.42 Å². The second kappa shape index (κ2) is 2.83. The van der Waals surface area contributed by atoms with E-state index >= 15 is 0 Å². The van der Waals surface area contributed by atoms with Gasteiger partial charge in [-0.25, -0.2) is 0 Å². The number of hydrogen-bond donors (Lipinski definition) is 0. The van der Waals surface area contributed by atoms with Crippen LogP contribution >= 0.6 is 22.6 Å². The van der Waals surface area contributed by atoms with Gasteiger partial charge in [-0.1, -0.05) is 22.6 Å². The van der Waals surface area contributed by atoms with Crippen LogP contribution in [0.4, 0.5) is 0 Å². The lowest BCUT2D eigenvalue weighted by molar-refractivity contribution is 0.395. The number of rotatable bonds is 2. The van der Waals surface area contributed by atoms with Crippen molar-refractivity contribution in [2.75, 3.05) is 10.9 Å². The first kappa shape index (κ1) is 7.64. The molecule has 0 spiro atoms. The Morgan fingerprint density at radius 3 is 2.14 bits per heavy atom. The third-order valence-corrected chi connectivity index (χ3v) is 1.54. The van der Waals surface area contributed by atoms with E-state index in [1.165, 1.54) is 0 Å². The largest absolute Gasteiger partial charge is 0.265 e. The summed E-state index contributed by atoms with van der Waals surface area (Å²) in [6, 6.07) is 0. The summed E-state index contributed by atoms with van der Waals surface area (Å²) >= 11 is 1.81. The normalized spacial score (nSPS) is 11.7. The van der Waals surface area contributed by atoms with Gasteiger partial charge in [-0.2, -0.15) is 8.42 Å². The van der Waals surface area contributed by atoms with Gasteiger partial charge < -0.3 is 0 Å². The monoisotopic (exact) mass is 236 g/mol. The first-order valence-corrected chi connectivity index (χ1v) is 4.81. The third kappa shape index (κ3) is 6.64. The van der Waals surface area contributed by atoms with E-state index in [4.69, 9.17) is 0 Å². The van der Waals surface area contributed by atoms with Gasteiger partial charge in [0, 0.05) is 0 Å². The van der Waals surface area contributed by atoms with Crippen LogP contribution in [0.1, 0.15) is 0 Å². The standard InChI is InChI=1S/C2H5IO3S/c1-7(4,5)6-2-3/h2H2,1H3. The summed E-state index contributed by atoms with van der Waals surface area (Å²) in [7, 11) is -3.18. The molecule has 0 aliphatic rings. The highest BCUT2D eigenvalue weighted by atomic mass is 127. The van der Waals surface area contributed by atoms with E-state index in [2.05, 4.69) is 4.18 Å². The van der Waals surface area contributed by atoms with Crippen LogP contribution in [0.25, 0.3) is 0 Å². The first-order chi connectivity index (χ1) is 3.06. The Kier molecular flexibility index (Phi) is 3.09. The lowest BCUT2D eigenvalue weighted by Crippen LogP contribution is -1.99. The Morgan fingerprint density at radius 2 is 2.14 bits per heavy atom. The Morgan fingerprint density at radius 1 is 1.71 bits per heavy atom. The van der Waals surface area contributed by atoms with E-state index in [1.54, 1.807) is 0 Å². The molecule has 0 atom stereocenters. The highest BCUT2D eigenvalue weighted by molar-refractivity contribution is 14.1. The summed E-state index contributed by atoms with van der Waals surface area (Å²) in [6.45, 7) is 0. The molecular weight excluding hydrogens is 231 g/mol. The van der Waals surface area contributed by atoms with Crippen molar-refractivity contribution in [2.24, 2.45) is 0 Å². The van der Waals surface area contributed by atoms with Gasteiger partial charge >= 0.3 is 0 Å². The van der Waals surface area contributed by atoms with Crippen molar-refractivity contribution >= 4 is 32.7 Å². The summed E-state index contributed by atoms with van der Waals surface area (Å²) in [6.07, 6.45) is 1.02. The Labute approximate surface area is 56.3 Å². The van der Waals surface area contributed by atoms with Crippen molar-refractivity contribution in [3.05, 3.63) is 0 Å². The topological polar surface area (TPSA) is 43.4 Å². The van der Waals surface area contributed by atoms with Gasteiger partial charge in [-0.3, -0.25) is 4.18 Å². The molecule has 5 heteroatoms. The second-order valence-electron chi connectivity index (χ2n) is 0.931. The van der Waals surface area contributed by atoms with Crippen molar-refractivity contribution in [1.29, 1.82) is 0 Å². The molecule has 3 nitrogen and oxygen atoms in total. The molecule has 0 bridgehead atoms. The molecule has 0 heterocycles. The molecule has 0 saturated heterocycles. The zero-order chi connectivity index (χ0) is 5.91. The molecule has 0 amide bonds. The Balaban J connectivity index is 3.60. The molecule has 0 radical (unpaired) electrons. The first-order valence-electron chi connectivity index (χ1n) is 1.46. The molecule has 0 aromatic rings. The second-order valence-corrected chi connectivity index (χ2v) is 3.20. The maximum Gasteiger partial charge on any atom is 0.265 e. The van der Waals surface area contributed by atoms with Gasteiger partial charge in [0.05, 0.1) is 6.26 Å². The predicted octanol–water partition coefficient (Wildman–Crippen LogP) is 0.355. The van der Waals surface area contributed by atoms with Crippen LogP contribution in [0, 0.1) is 0 Å². The van der Waals surface area contributed by atoms with E-state index in [0.29, 0.717) is 0 Å². The van der Waals surface area contributed by atoms with E-state index in [-0.39, 0.29) is 4.61 Å². The van der Waals surface area contributed by atoms with Crippen LogP contribution in [0.15, 0.2) is 0 Å². The molecule has 0 rings (SSSR count). The molecule has 0 aliphatic heterocycles. The lowest BCUT2D eigenvalue weighted by Gasteiger charge is -1.89. The summed E-state index contributed by atoms with van der Waals surface area (Å²) < 4.78 is 24.4. The van der Waals surface area contributed by atoms with Crippen molar-refractivity contribution in [3.63, 3.8) is 0 Å². The highest BCUT2D eigenvalue weighted by Gasteiger charge is 1.95. The Hall–Kier alpha value is 0.640. The molecule has 0 N–H and O–H groups in total. The number of halogens is 1. The average Bonchev–Trinajstić information content (AvgIpc) is 1.30. The molecule has 7 heavy (non-hydrogen) atoms. The van der Waals surface area contributed by atoms with Crippen LogP contribution in [-0.4, -0.2) is 19.3 Å². The maximum atomic E-state index is 10.0. The van der Waals surface area contributed by atoms with Crippen LogP contribution < -0.4 is 0 Å². The van der Waals surface area contributed by atoms with Crippen LogP contribution in [-0.2, 0) is 14.3 Å². The molecule has 44 valence electrons. The fourth-order valence-electron chi connectivity index (χ4n) is 0.0809. The van der Waals surface area contributed by atoms with Gasteiger partial charge in [0.15, 0.2) is 0 Å². The molecule has 0 aromatic carbocycles. The maximum absolute atomic E-state index is 10.0. The summed E-state index contributed by atoms with van der Waals surface area (Å²) in [5.74, 6) is 0. The van der Waals surface area contributed by atoms with Crippen molar-refractivity contribution in [3.8, 4) is 0 Å². The summed E-state index contributed by atoms with van der Waals surface area (Å²) in [5, 5.41) is 0. The zero-order valence-corrected chi connectivity index (χ0v) is 6.69. The molecule has 0 saturated carbocycles. The van der Waals surface area contributed by atoms with Crippen molar-refractivity contribution in [1.82, 2.24) is 0 Å². The van der Waals surface area contributed by atoms with E-state index in [1.807, 2.05) is 22.6 Å². The smallest absolute Gasteiger partial charge is 0.260 e. The van der Waals surface area contributed by atoms with Gasteiger partial charge in [0.25, 0.3) is 10.1 Å². The minimum Gasteiger partial charge on any atom is -0.260 e. The van der Waals surface area contributed by atoms with Gasteiger partial charge in [-0.15, -0.1) is 0 Å². The lowest BCUT2D eigenvalue weighted by atomic mass is 11.8. The Bertz CT molecular complexity index is 126. The van der Waals surface area contributed by atoms with Gasteiger partial charge in [0.2, 0.25) is 0 Å². The van der Waals surface area contributed by atoms with Gasteiger partial charge in [-0.05, 0) is 0 Å². The fourth-order valence-corrected chi connectivity index (χ4v) is 1.63. The highest BCUT2D eigenvalue weighted by Crippen LogP contribution is 1.89. The summed E-state index contributed by atoms with van der Waals surface area (Å²) in [4.78, 5) is 0. The van der Waals surface area contributed by atoms with Crippen LogP contribution in [0.3, 0.4) is 0 Å². The molecule has 0 aliphatic carbocycles. The minimum atomic E-state index is -3.18. The van der Waals surface area contributed by atoms with Crippen molar-refractivity contribution < 1.29 is 12.6 Å². The molecular formula is C2H5IO3S. The number of hydrogen-bond acceptors (Lipinski definition) is 3. The fraction of sp³-hybridized carbons (Fsp3) is 1.00. The van der Waals surface area contributed by atoms with Crippen LogP contribution in [0.5, 0.6) is 0 Å². The zero-order valence-electron chi connectivity index (χ0n) is 3.72. The van der Waals surface area contributed by atoms with Crippen molar-refractivity contribution in [2.45, 2.75) is 0 Å². The quantitative estimate of drug-likeness (QED) is 0.395. The van der Waals surface area contributed by atoms with E-state index in [0.717, 1.165) is 6.26 Å². The van der Waals surface area contributed by atoms with E-state index < -0.39 is 10.1 Å². The molecule has 0 unspecified atom stereocenters. The molecule has 0 aromatic heterocycles. The average molecular weight is 236 g/mol. The van der Waals surface area contributed by atoms with Gasteiger partial charge in [0.1, 0.15) is 4.61 Å². The SMILES string of the molecule is CS(=O)(=O)OCI. The summed E-state index contributed by atoms with van der Waals surface area (Å²) in [5.41, 5.74) is 0.